The van der Waals surface area contributed by atoms with Crippen LogP contribution in [0.15, 0.2) is 39.9 Å². The van der Waals surface area contributed by atoms with E-state index in [1.807, 2.05) is 4.90 Å². The molecule has 5 rings (SSSR count). The third-order valence-electron chi connectivity index (χ3n) is 6.98. The van der Waals surface area contributed by atoms with E-state index in [2.05, 4.69) is 21.8 Å². The number of benzene rings is 1. The molecule has 3 N–H and O–H groups in total. The van der Waals surface area contributed by atoms with Crippen molar-refractivity contribution < 1.29 is 31.9 Å². The number of carboxylic acids is 1. The monoisotopic (exact) mass is 621 g/mol. The van der Waals surface area contributed by atoms with Gasteiger partial charge in [0.15, 0.2) is 11.2 Å². The summed E-state index contributed by atoms with van der Waals surface area (Å²) in [6.07, 6.45) is -6.10. The van der Waals surface area contributed by atoms with Gasteiger partial charge in [0, 0.05) is 31.6 Å². The van der Waals surface area contributed by atoms with Crippen molar-refractivity contribution in [1.82, 2.24) is 23.7 Å². The predicted octanol–water partition coefficient (Wildman–Crippen LogP) is 3.01. The van der Waals surface area contributed by atoms with Gasteiger partial charge in [0.2, 0.25) is 5.95 Å². The van der Waals surface area contributed by atoms with Crippen LogP contribution in [-0.4, -0.2) is 60.1 Å². The van der Waals surface area contributed by atoms with Crippen LogP contribution < -0.4 is 21.9 Å². The maximum atomic E-state index is 13.8. The number of carbonyl (C=O) groups is 1. The molecule has 0 aliphatic carbocycles. The van der Waals surface area contributed by atoms with E-state index in [-0.39, 0.29) is 36.0 Å². The Kier molecular flexibility index (Phi) is 9.38. The first kappa shape index (κ1) is 32.1. The first-order valence-electron chi connectivity index (χ1n) is 13.3. The summed E-state index contributed by atoms with van der Waals surface area (Å²) in [5.74, 6) is 3.61. The van der Waals surface area contributed by atoms with Gasteiger partial charge in [0.05, 0.1) is 18.8 Å². The van der Waals surface area contributed by atoms with Gasteiger partial charge < -0.3 is 15.7 Å². The van der Waals surface area contributed by atoms with E-state index in [0.29, 0.717) is 23.3 Å². The maximum Gasteiger partial charge on any atom is 0.490 e. The fraction of sp³-hybridized carbons (Fsp3) is 0.393. The standard InChI is InChI=1S/C26H27F2N7O2.C2HF3O2/c1-3-4-12-34-21-23(31-25(34)33-11-7-9-17(29)14-33)32(2)26(37)35(24(21)36)15-20-18-10-6-5-8-16(18)13-19(30-20)22(27)28;3-2(4,5)1(6)7/h5-6,8,10,13,17,22H,7,9,11-12,14-15,29H2,1-2H3;(H,6,7). The number of carboxylic acid groups (broad SMARTS) is 1. The summed E-state index contributed by atoms with van der Waals surface area (Å²) in [5, 5.41) is 8.27. The smallest absolute Gasteiger partial charge is 0.475 e. The van der Waals surface area contributed by atoms with Crippen molar-refractivity contribution >= 4 is 33.9 Å². The summed E-state index contributed by atoms with van der Waals surface area (Å²) in [7, 11) is 1.54. The number of aromatic nitrogens is 5. The molecule has 3 aromatic heterocycles. The molecule has 1 aromatic carbocycles. The number of alkyl halides is 5. The molecule has 1 unspecified atom stereocenters. The van der Waals surface area contributed by atoms with Crippen molar-refractivity contribution in [1.29, 1.82) is 0 Å². The normalized spacial score (nSPS) is 15.2. The summed E-state index contributed by atoms with van der Waals surface area (Å²) < 4.78 is 63.0. The van der Waals surface area contributed by atoms with Crippen LogP contribution in [0.5, 0.6) is 0 Å². The number of anilines is 1. The number of rotatable bonds is 5. The number of nitrogens with zero attached hydrogens (tertiary/aromatic N) is 6. The van der Waals surface area contributed by atoms with E-state index in [0.717, 1.165) is 24.0 Å². The van der Waals surface area contributed by atoms with Crippen LogP contribution >= 0.6 is 0 Å². The second-order valence-electron chi connectivity index (χ2n) is 10.00. The summed E-state index contributed by atoms with van der Waals surface area (Å²) in [4.78, 5) is 46.9. The first-order chi connectivity index (χ1) is 20.7. The van der Waals surface area contributed by atoms with E-state index in [4.69, 9.17) is 15.6 Å². The van der Waals surface area contributed by atoms with Gasteiger partial charge in [-0.3, -0.25) is 18.5 Å². The molecule has 1 aliphatic rings. The zero-order valence-electron chi connectivity index (χ0n) is 23.6. The first-order valence-corrected chi connectivity index (χ1v) is 13.3. The van der Waals surface area contributed by atoms with Gasteiger partial charge in [-0.1, -0.05) is 30.2 Å². The fourth-order valence-corrected chi connectivity index (χ4v) is 4.92. The van der Waals surface area contributed by atoms with Gasteiger partial charge in [0.1, 0.15) is 5.69 Å². The lowest BCUT2D eigenvalue weighted by molar-refractivity contribution is -0.192. The van der Waals surface area contributed by atoms with E-state index in [1.54, 1.807) is 35.8 Å². The van der Waals surface area contributed by atoms with Crippen LogP contribution in [0.25, 0.3) is 21.9 Å². The van der Waals surface area contributed by atoms with Crippen LogP contribution in [-0.2, 0) is 24.9 Å². The molecule has 0 amide bonds. The minimum absolute atomic E-state index is 0.0267. The third-order valence-corrected chi connectivity index (χ3v) is 6.98. The Balaban J connectivity index is 0.000000566. The molecule has 4 heterocycles. The molecular weight excluding hydrogens is 593 g/mol. The SMILES string of the molecule is CC#CCn1c(N2CCCC(N)C2)nc2c1c(=O)n(Cc1nc(C(F)F)cc3ccccc13)c(=O)n2C.O=C(O)C(F)(F)F. The maximum absolute atomic E-state index is 13.8. The predicted molar refractivity (Wildman–Crippen MR) is 152 cm³/mol. The van der Waals surface area contributed by atoms with Gasteiger partial charge in [-0.15, -0.1) is 5.92 Å². The molecule has 1 aliphatic heterocycles. The Bertz CT molecular complexity index is 1890. The zero-order valence-corrected chi connectivity index (χ0v) is 23.6. The molecule has 4 aromatic rings. The lowest BCUT2D eigenvalue weighted by Gasteiger charge is -2.31. The quantitative estimate of drug-likeness (QED) is 0.256. The molecule has 1 atom stereocenters. The van der Waals surface area contributed by atoms with E-state index in [1.165, 1.54) is 17.7 Å². The second-order valence-corrected chi connectivity index (χ2v) is 10.00. The molecule has 1 fully saturated rings. The number of imidazole rings is 1. The average molecular weight is 622 g/mol. The number of piperidine rings is 1. The fourth-order valence-electron chi connectivity index (χ4n) is 4.92. The minimum atomic E-state index is -5.08. The van der Waals surface area contributed by atoms with Crippen molar-refractivity contribution in [2.45, 2.75) is 51.5 Å². The number of aliphatic carboxylic acids is 1. The molecule has 0 spiro atoms. The molecule has 0 bridgehead atoms. The molecule has 16 heteroatoms. The average Bonchev–Trinajstić information content (AvgIpc) is 3.36. The summed E-state index contributed by atoms with van der Waals surface area (Å²) in [6, 6.07) is 8.22. The number of halogens is 5. The van der Waals surface area contributed by atoms with Crippen molar-refractivity contribution in [3.8, 4) is 11.8 Å². The number of aryl methyl sites for hydroxylation is 1. The summed E-state index contributed by atoms with van der Waals surface area (Å²) in [5.41, 5.74) is 5.26. The lowest BCUT2D eigenvalue weighted by atomic mass is 10.1. The molecule has 0 saturated carbocycles. The van der Waals surface area contributed by atoms with Gasteiger partial charge in [0.25, 0.3) is 12.0 Å². The van der Waals surface area contributed by atoms with Crippen molar-refractivity contribution in [3.63, 3.8) is 0 Å². The Morgan fingerprint density at radius 3 is 2.48 bits per heavy atom. The third kappa shape index (κ3) is 6.57. The number of hydrogen-bond donors (Lipinski definition) is 2. The van der Waals surface area contributed by atoms with Gasteiger partial charge in [-0.25, -0.2) is 23.4 Å². The lowest BCUT2D eigenvalue weighted by Crippen LogP contribution is -2.44. The summed E-state index contributed by atoms with van der Waals surface area (Å²) >= 11 is 0. The highest BCUT2D eigenvalue weighted by molar-refractivity contribution is 5.85. The molecule has 44 heavy (non-hydrogen) atoms. The highest BCUT2D eigenvalue weighted by atomic mass is 19.4. The van der Waals surface area contributed by atoms with E-state index < -0.39 is 35.5 Å². The van der Waals surface area contributed by atoms with Crippen molar-refractivity contribution in [2.75, 3.05) is 18.0 Å². The molecule has 1 saturated heterocycles. The molecule has 234 valence electrons. The van der Waals surface area contributed by atoms with Crippen molar-refractivity contribution in [2.24, 2.45) is 12.8 Å². The molecular formula is C28H28F5N7O4. The number of pyridine rings is 1. The minimum Gasteiger partial charge on any atom is -0.475 e. The Hall–Kier alpha value is -4.78. The number of fused-ring (bicyclic) bond motifs is 2. The zero-order chi connectivity index (χ0) is 32.3. The van der Waals surface area contributed by atoms with Crippen molar-refractivity contribution in [3.05, 3.63) is 62.6 Å². The van der Waals surface area contributed by atoms with Crippen LogP contribution in [0.2, 0.25) is 0 Å². The van der Waals surface area contributed by atoms with E-state index in [9.17, 15) is 31.5 Å². The highest BCUT2D eigenvalue weighted by Gasteiger charge is 2.38. The van der Waals surface area contributed by atoms with Gasteiger partial charge in [-0.05, 0) is 31.2 Å². The van der Waals surface area contributed by atoms with Crippen LogP contribution in [0.4, 0.5) is 27.9 Å². The molecule has 0 radical (unpaired) electrons. The topological polar surface area (TPSA) is 141 Å². The molecule has 11 nitrogen and oxygen atoms in total. The largest absolute Gasteiger partial charge is 0.490 e. The van der Waals surface area contributed by atoms with Crippen LogP contribution in [0, 0.1) is 11.8 Å². The Morgan fingerprint density at radius 2 is 1.86 bits per heavy atom. The van der Waals surface area contributed by atoms with Crippen LogP contribution in [0.1, 0.15) is 37.6 Å². The second kappa shape index (κ2) is 12.8. The Labute approximate surface area is 246 Å². The van der Waals surface area contributed by atoms with Crippen LogP contribution in [0.3, 0.4) is 0 Å². The summed E-state index contributed by atoms with van der Waals surface area (Å²) in [6.45, 7) is 2.92. The van der Waals surface area contributed by atoms with E-state index >= 15 is 0 Å². The van der Waals surface area contributed by atoms with Gasteiger partial charge in [-0.2, -0.15) is 18.2 Å². The highest BCUT2D eigenvalue weighted by Crippen LogP contribution is 2.26. The number of nitrogens with two attached hydrogens (primary N) is 1. The number of hydrogen-bond acceptors (Lipinski definition) is 7. The Morgan fingerprint density at radius 1 is 1.18 bits per heavy atom. The van der Waals surface area contributed by atoms with Gasteiger partial charge >= 0.3 is 17.8 Å².